The molecule has 3 aliphatic rings. The average Bonchev–Trinajstić information content (AvgIpc) is 3.14. The molecule has 1 aromatic carbocycles. The number of aryl methyl sites for hydroxylation is 1. The van der Waals surface area contributed by atoms with Gasteiger partial charge in [0.25, 0.3) is 0 Å². The summed E-state index contributed by atoms with van der Waals surface area (Å²) in [6.07, 6.45) is 3.70. The molecule has 0 amide bonds. The van der Waals surface area contributed by atoms with Crippen molar-refractivity contribution in [1.29, 1.82) is 0 Å². The highest BCUT2D eigenvalue weighted by Gasteiger charge is 2.42. The van der Waals surface area contributed by atoms with Crippen LogP contribution in [-0.4, -0.2) is 73.2 Å². The number of piperidine rings is 1. The number of halogens is 2. The smallest absolute Gasteiger partial charge is 0.320 e. The number of nitrogens with zero attached hydrogens (tertiary/aromatic N) is 1. The minimum atomic E-state index is -3.73. The van der Waals surface area contributed by atoms with Gasteiger partial charge in [0.2, 0.25) is 10.0 Å². The molecule has 2 saturated heterocycles. The van der Waals surface area contributed by atoms with Crippen molar-refractivity contribution in [2.45, 2.75) is 62.0 Å². The molecule has 12 heteroatoms. The summed E-state index contributed by atoms with van der Waals surface area (Å²) in [4.78, 5) is 25.4. The van der Waals surface area contributed by atoms with Crippen molar-refractivity contribution in [3.63, 3.8) is 0 Å². The van der Waals surface area contributed by atoms with Gasteiger partial charge in [0.05, 0.1) is 4.90 Å². The van der Waals surface area contributed by atoms with E-state index in [1.54, 1.807) is 18.2 Å². The van der Waals surface area contributed by atoms with Crippen molar-refractivity contribution in [3.05, 3.63) is 29.8 Å². The lowest BCUT2D eigenvalue weighted by Crippen LogP contribution is -2.50. The largest absolute Gasteiger partial charge is 0.480 e. The van der Waals surface area contributed by atoms with Crippen LogP contribution in [0.3, 0.4) is 0 Å². The lowest BCUT2D eigenvalue weighted by Gasteiger charge is -2.42. The maximum Gasteiger partial charge on any atom is 0.320 e. The average molecular weight is 553 g/mol. The van der Waals surface area contributed by atoms with Gasteiger partial charge in [-0.15, -0.1) is 24.8 Å². The Morgan fingerprint density at radius 3 is 2.49 bits per heavy atom. The first-order valence-electron chi connectivity index (χ1n) is 11.6. The molecule has 2 aliphatic heterocycles. The summed E-state index contributed by atoms with van der Waals surface area (Å²) in [5.74, 6) is -0.668. The van der Waals surface area contributed by atoms with Gasteiger partial charge in [0, 0.05) is 19.1 Å². The van der Waals surface area contributed by atoms with Gasteiger partial charge in [-0.1, -0.05) is 12.1 Å². The maximum atomic E-state index is 12.8. The van der Waals surface area contributed by atoms with Crippen LogP contribution in [0, 0.1) is 24.7 Å². The van der Waals surface area contributed by atoms with Crippen molar-refractivity contribution in [3.8, 4) is 0 Å². The number of carbonyl (C=O) groups is 2. The zero-order valence-electron chi connectivity index (χ0n) is 19.6. The molecule has 1 aromatic rings. The third-order valence-corrected chi connectivity index (χ3v) is 9.03. The Balaban J connectivity index is 0.00000216. The molecular formula is C23H35Cl2N3O6S. The van der Waals surface area contributed by atoms with Crippen LogP contribution in [0.1, 0.15) is 37.7 Å². The molecule has 0 aromatic heterocycles. The van der Waals surface area contributed by atoms with E-state index in [1.165, 1.54) is 0 Å². The maximum absolute atomic E-state index is 12.8. The summed E-state index contributed by atoms with van der Waals surface area (Å²) >= 11 is 0. The molecule has 3 fully saturated rings. The van der Waals surface area contributed by atoms with Crippen molar-refractivity contribution >= 4 is 46.8 Å². The van der Waals surface area contributed by atoms with Gasteiger partial charge in [-0.25, -0.2) is 13.1 Å². The van der Waals surface area contributed by atoms with Gasteiger partial charge >= 0.3 is 11.9 Å². The Kier molecular flexibility index (Phi) is 10.4. The zero-order valence-corrected chi connectivity index (χ0v) is 22.1. The van der Waals surface area contributed by atoms with Crippen LogP contribution >= 0.6 is 24.8 Å². The Morgan fingerprint density at radius 1 is 1.09 bits per heavy atom. The Labute approximate surface area is 218 Å². The monoisotopic (exact) mass is 551 g/mol. The van der Waals surface area contributed by atoms with E-state index in [0.29, 0.717) is 31.3 Å². The van der Waals surface area contributed by atoms with Crippen molar-refractivity contribution in [2.24, 2.45) is 17.8 Å². The molecule has 35 heavy (non-hydrogen) atoms. The predicted octanol–water partition coefficient (Wildman–Crippen LogP) is 2.12. The third kappa shape index (κ3) is 7.08. The summed E-state index contributed by atoms with van der Waals surface area (Å²) in [7, 11) is -3.73. The molecule has 1 aliphatic carbocycles. The summed E-state index contributed by atoms with van der Waals surface area (Å²) < 4.78 is 28.4. The SMILES string of the molecule is Cc1cccc(S(=O)(=O)N[C@H]2C[C@@H](C(=O)O)N(C[C@H]3CC[C@H]4CN[C@H](C(=O)O)C[C@H]4C3)C2)c1.Cl.Cl. The fraction of sp³-hybridized carbons (Fsp3) is 0.652. The van der Waals surface area contributed by atoms with Gasteiger partial charge in [-0.05, 0) is 81.0 Å². The fourth-order valence-electron chi connectivity index (χ4n) is 5.86. The first kappa shape index (κ1) is 29.8. The normalized spacial score (nSPS) is 31.0. The Hall–Kier alpha value is -1.43. The lowest BCUT2D eigenvalue weighted by molar-refractivity contribution is -0.143. The first-order valence-corrected chi connectivity index (χ1v) is 13.1. The van der Waals surface area contributed by atoms with Crippen LogP contribution in [0.15, 0.2) is 29.2 Å². The summed E-state index contributed by atoms with van der Waals surface area (Å²) in [5.41, 5.74) is 0.841. The van der Waals surface area contributed by atoms with Crippen LogP contribution in [0.4, 0.5) is 0 Å². The summed E-state index contributed by atoms with van der Waals surface area (Å²) in [6.45, 7) is 3.49. The summed E-state index contributed by atoms with van der Waals surface area (Å²) in [5, 5.41) is 22.2. The minimum absolute atomic E-state index is 0. The fourth-order valence-corrected chi connectivity index (χ4v) is 7.21. The number of rotatable bonds is 7. The van der Waals surface area contributed by atoms with E-state index in [9.17, 15) is 28.2 Å². The number of carboxylic acids is 2. The number of sulfonamides is 1. The molecule has 9 nitrogen and oxygen atoms in total. The van der Waals surface area contributed by atoms with Crippen molar-refractivity contribution in [1.82, 2.24) is 14.9 Å². The molecule has 0 unspecified atom stereocenters. The second-order valence-electron chi connectivity index (χ2n) is 9.91. The van der Waals surface area contributed by atoms with E-state index in [-0.39, 0.29) is 42.0 Å². The van der Waals surface area contributed by atoms with Crippen LogP contribution < -0.4 is 10.0 Å². The Morgan fingerprint density at radius 2 is 1.83 bits per heavy atom. The number of hydrogen-bond acceptors (Lipinski definition) is 6. The standard InChI is InChI=1S/C23H33N3O6S.2ClH/c1-14-3-2-4-19(7-14)33(31,32)25-18-10-21(23(29)30)26(13-18)12-15-5-6-16-11-24-20(22(27)28)9-17(16)8-15;;/h2-4,7,15-18,20-21,24-25H,5-6,8-13H2,1H3,(H,27,28)(H,29,30);2*1H/t15-,16-,17+,18-,20-,21-;;/m0../s1. The molecule has 6 atom stereocenters. The Bertz CT molecular complexity index is 1010. The molecule has 0 spiro atoms. The van der Waals surface area contributed by atoms with E-state index in [4.69, 9.17) is 0 Å². The first-order chi connectivity index (χ1) is 15.6. The van der Waals surface area contributed by atoms with E-state index >= 15 is 0 Å². The van der Waals surface area contributed by atoms with Gasteiger partial charge in [0.1, 0.15) is 12.1 Å². The number of likely N-dealkylation sites (tertiary alicyclic amines) is 1. The number of aliphatic carboxylic acids is 2. The van der Waals surface area contributed by atoms with Gasteiger partial charge < -0.3 is 15.5 Å². The highest BCUT2D eigenvalue weighted by atomic mass is 35.5. The number of nitrogens with one attached hydrogen (secondary N) is 2. The highest BCUT2D eigenvalue weighted by molar-refractivity contribution is 7.89. The quantitative estimate of drug-likeness (QED) is 0.404. The molecule has 0 bridgehead atoms. The second kappa shape index (κ2) is 12.2. The zero-order chi connectivity index (χ0) is 23.8. The van der Waals surface area contributed by atoms with E-state index < -0.39 is 40.1 Å². The topological polar surface area (TPSA) is 136 Å². The van der Waals surface area contributed by atoms with Crippen LogP contribution in [0.5, 0.6) is 0 Å². The van der Waals surface area contributed by atoms with Crippen LogP contribution in [0.2, 0.25) is 0 Å². The number of benzene rings is 1. The molecule has 2 heterocycles. The van der Waals surface area contributed by atoms with Gasteiger partial charge in [0.15, 0.2) is 0 Å². The van der Waals surface area contributed by atoms with Crippen molar-refractivity contribution in [2.75, 3.05) is 19.6 Å². The van der Waals surface area contributed by atoms with Gasteiger partial charge in [-0.3, -0.25) is 14.5 Å². The lowest BCUT2D eigenvalue weighted by atomic mass is 9.69. The minimum Gasteiger partial charge on any atom is -0.480 e. The van der Waals surface area contributed by atoms with E-state index in [2.05, 4.69) is 10.0 Å². The van der Waals surface area contributed by atoms with E-state index in [1.807, 2.05) is 17.9 Å². The van der Waals surface area contributed by atoms with Crippen molar-refractivity contribution < 1.29 is 28.2 Å². The number of hydrogen-bond donors (Lipinski definition) is 4. The highest BCUT2D eigenvalue weighted by Crippen LogP contribution is 2.39. The molecule has 4 N–H and O–H groups in total. The third-order valence-electron chi connectivity index (χ3n) is 7.51. The molecule has 1 saturated carbocycles. The summed E-state index contributed by atoms with van der Waals surface area (Å²) in [6, 6.07) is 4.95. The molecule has 0 radical (unpaired) electrons. The molecule has 4 rings (SSSR count). The molecule has 198 valence electrons. The number of fused-ring (bicyclic) bond motifs is 1. The van der Waals surface area contributed by atoms with Crippen LogP contribution in [-0.2, 0) is 19.6 Å². The second-order valence-corrected chi connectivity index (χ2v) is 11.6. The number of carboxylic acid groups (broad SMARTS) is 2. The molecular weight excluding hydrogens is 517 g/mol. The van der Waals surface area contributed by atoms with Crippen LogP contribution in [0.25, 0.3) is 0 Å². The van der Waals surface area contributed by atoms with E-state index in [0.717, 1.165) is 31.4 Å². The predicted molar refractivity (Wildman–Crippen MR) is 136 cm³/mol. The van der Waals surface area contributed by atoms with Gasteiger partial charge in [-0.2, -0.15) is 0 Å².